The zero-order valence-corrected chi connectivity index (χ0v) is 9.28. The molecule has 0 spiro atoms. The van der Waals surface area contributed by atoms with Crippen LogP contribution in [0.5, 0.6) is 0 Å². The highest BCUT2D eigenvalue weighted by molar-refractivity contribution is 5.72. The number of ether oxygens (including phenoxy) is 2. The number of unbranched alkanes of at least 4 members (excludes halogenated alkanes) is 1. The van der Waals surface area contributed by atoms with Gasteiger partial charge in [-0.15, -0.1) is 0 Å². The number of hydrogen-bond acceptors (Lipinski definition) is 3. The van der Waals surface area contributed by atoms with Crippen LogP contribution in [0.25, 0.3) is 0 Å². The molecule has 1 aliphatic rings. The molecule has 0 aliphatic carbocycles. The van der Waals surface area contributed by atoms with E-state index in [1.54, 1.807) is 0 Å². The van der Waals surface area contributed by atoms with Gasteiger partial charge < -0.3 is 14.6 Å². The van der Waals surface area contributed by atoms with Crippen molar-refractivity contribution in [1.29, 1.82) is 0 Å². The molecule has 1 rings (SSSR count). The number of rotatable bonds is 6. The van der Waals surface area contributed by atoms with Gasteiger partial charge in [-0.1, -0.05) is 19.8 Å². The highest BCUT2D eigenvalue weighted by atomic mass is 16.7. The summed E-state index contributed by atoms with van der Waals surface area (Å²) < 4.78 is 10.8. The second kappa shape index (κ2) is 6.80. The summed E-state index contributed by atoms with van der Waals surface area (Å²) in [6, 6.07) is 0. The highest BCUT2D eigenvalue weighted by Gasteiger charge is 2.24. The summed E-state index contributed by atoms with van der Waals surface area (Å²) in [6.07, 6.45) is 4.35. The predicted octanol–water partition coefficient (Wildman–Crippen LogP) is 2.17. The normalized spacial score (nSPS) is 23.7. The van der Waals surface area contributed by atoms with E-state index in [2.05, 4.69) is 0 Å². The van der Waals surface area contributed by atoms with Crippen LogP contribution < -0.4 is 0 Å². The predicted molar refractivity (Wildman–Crippen MR) is 55.6 cm³/mol. The second-order valence-electron chi connectivity index (χ2n) is 3.90. The molecule has 0 bridgehead atoms. The fraction of sp³-hybridized carbons (Fsp3) is 0.909. The largest absolute Gasteiger partial charge is 0.479 e. The molecule has 88 valence electrons. The monoisotopic (exact) mass is 216 g/mol. The van der Waals surface area contributed by atoms with E-state index in [0.29, 0.717) is 13.0 Å². The Morgan fingerprint density at radius 2 is 2.40 bits per heavy atom. The molecule has 0 amide bonds. The summed E-state index contributed by atoms with van der Waals surface area (Å²) in [7, 11) is 0. The van der Waals surface area contributed by atoms with Gasteiger partial charge in [0.1, 0.15) is 0 Å². The van der Waals surface area contributed by atoms with Crippen molar-refractivity contribution in [2.24, 2.45) is 0 Å². The lowest BCUT2D eigenvalue weighted by molar-refractivity contribution is -0.201. The van der Waals surface area contributed by atoms with Gasteiger partial charge in [0.25, 0.3) is 0 Å². The van der Waals surface area contributed by atoms with E-state index in [0.717, 1.165) is 32.1 Å². The SMILES string of the molecule is CCCCC(OC1CCCCO1)C(=O)O. The van der Waals surface area contributed by atoms with E-state index >= 15 is 0 Å². The topological polar surface area (TPSA) is 55.8 Å². The number of hydrogen-bond donors (Lipinski definition) is 1. The van der Waals surface area contributed by atoms with E-state index in [1.165, 1.54) is 0 Å². The van der Waals surface area contributed by atoms with Crippen molar-refractivity contribution in [3.8, 4) is 0 Å². The van der Waals surface area contributed by atoms with E-state index in [1.807, 2.05) is 6.92 Å². The van der Waals surface area contributed by atoms with E-state index in [9.17, 15) is 4.79 Å². The van der Waals surface area contributed by atoms with Crippen LogP contribution in [0.1, 0.15) is 45.4 Å². The number of carbonyl (C=O) groups is 1. The summed E-state index contributed by atoms with van der Waals surface area (Å²) in [6.45, 7) is 2.72. The first-order chi connectivity index (χ1) is 7.24. The standard InChI is InChI=1S/C11H20O4/c1-2-3-6-9(11(12)13)15-10-7-4-5-8-14-10/h9-10H,2-8H2,1H3,(H,12,13). The molecule has 1 fully saturated rings. The Morgan fingerprint density at radius 3 is 2.93 bits per heavy atom. The lowest BCUT2D eigenvalue weighted by Crippen LogP contribution is -2.32. The highest BCUT2D eigenvalue weighted by Crippen LogP contribution is 2.17. The first-order valence-corrected chi connectivity index (χ1v) is 5.74. The minimum absolute atomic E-state index is 0.309. The first-order valence-electron chi connectivity index (χ1n) is 5.74. The number of carboxylic acid groups (broad SMARTS) is 1. The third-order valence-corrected chi connectivity index (χ3v) is 2.55. The lowest BCUT2D eigenvalue weighted by atomic mass is 10.1. The smallest absolute Gasteiger partial charge is 0.332 e. The third kappa shape index (κ3) is 4.62. The molecule has 0 radical (unpaired) electrons. The molecule has 1 heterocycles. The van der Waals surface area contributed by atoms with Crippen molar-refractivity contribution < 1.29 is 19.4 Å². The Balaban J connectivity index is 2.31. The maximum Gasteiger partial charge on any atom is 0.332 e. The summed E-state index contributed by atoms with van der Waals surface area (Å²) in [5, 5.41) is 8.95. The van der Waals surface area contributed by atoms with Gasteiger partial charge in [0.05, 0.1) is 0 Å². The first kappa shape index (κ1) is 12.5. The van der Waals surface area contributed by atoms with Crippen LogP contribution in [0.3, 0.4) is 0 Å². The van der Waals surface area contributed by atoms with Crippen LogP contribution in [-0.2, 0) is 14.3 Å². The summed E-state index contributed by atoms with van der Waals surface area (Å²) >= 11 is 0. The molecule has 2 atom stereocenters. The van der Waals surface area contributed by atoms with Gasteiger partial charge >= 0.3 is 5.97 Å². The zero-order valence-electron chi connectivity index (χ0n) is 9.28. The third-order valence-electron chi connectivity index (χ3n) is 2.55. The zero-order chi connectivity index (χ0) is 11.1. The molecule has 4 heteroatoms. The molecule has 1 N–H and O–H groups in total. The van der Waals surface area contributed by atoms with Crippen molar-refractivity contribution in [3.63, 3.8) is 0 Å². The number of carboxylic acids is 1. The molecule has 15 heavy (non-hydrogen) atoms. The summed E-state index contributed by atoms with van der Waals surface area (Å²) in [5.41, 5.74) is 0. The fourth-order valence-corrected chi connectivity index (χ4v) is 1.64. The molecule has 2 unspecified atom stereocenters. The maximum absolute atomic E-state index is 10.9. The Kier molecular flexibility index (Phi) is 5.65. The van der Waals surface area contributed by atoms with Crippen molar-refractivity contribution in [2.75, 3.05) is 6.61 Å². The van der Waals surface area contributed by atoms with Crippen molar-refractivity contribution >= 4 is 5.97 Å². The molecule has 4 nitrogen and oxygen atoms in total. The van der Waals surface area contributed by atoms with Crippen molar-refractivity contribution in [3.05, 3.63) is 0 Å². The van der Waals surface area contributed by atoms with Crippen LogP contribution in [-0.4, -0.2) is 30.1 Å². The lowest BCUT2D eigenvalue weighted by Gasteiger charge is -2.25. The fourth-order valence-electron chi connectivity index (χ4n) is 1.64. The Bertz CT molecular complexity index is 187. The van der Waals surface area contributed by atoms with Crippen molar-refractivity contribution in [1.82, 2.24) is 0 Å². The molecule has 1 saturated heterocycles. The average molecular weight is 216 g/mol. The van der Waals surface area contributed by atoms with Gasteiger partial charge in [-0.2, -0.15) is 0 Å². The minimum atomic E-state index is -0.877. The maximum atomic E-state index is 10.9. The van der Waals surface area contributed by atoms with Gasteiger partial charge in [-0.3, -0.25) is 0 Å². The van der Waals surface area contributed by atoms with E-state index < -0.39 is 12.1 Å². The quantitative estimate of drug-likeness (QED) is 0.739. The Labute approximate surface area is 90.6 Å². The van der Waals surface area contributed by atoms with Gasteiger partial charge in [0, 0.05) is 6.61 Å². The Morgan fingerprint density at radius 1 is 1.60 bits per heavy atom. The average Bonchev–Trinajstić information content (AvgIpc) is 2.25. The molecule has 1 aliphatic heterocycles. The van der Waals surface area contributed by atoms with Gasteiger partial charge in [0.15, 0.2) is 12.4 Å². The van der Waals surface area contributed by atoms with Crippen LogP contribution >= 0.6 is 0 Å². The molecule has 0 aromatic carbocycles. The van der Waals surface area contributed by atoms with Crippen LogP contribution in [0, 0.1) is 0 Å². The van der Waals surface area contributed by atoms with E-state index in [-0.39, 0.29) is 6.29 Å². The molecule has 0 aromatic rings. The van der Waals surface area contributed by atoms with Crippen LogP contribution in [0.15, 0.2) is 0 Å². The second-order valence-corrected chi connectivity index (χ2v) is 3.90. The molecular formula is C11H20O4. The molecular weight excluding hydrogens is 196 g/mol. The summed E-state index contributed by atoms with van der Waals surface area (Å²) in [4.78, 5) is 10.9. The van der Waals surface area contributed by atoms with E-state index in [4.69, 9.17) is 14.6 Å². The number of aliphatic carboxylic acids is 1. The minimum Gasteiger partial charge on any atom is -0.479 e. The summed E-state index contributed by atoms with van der Waals surface area (Å²) in [5.74, 6) is -0.877. The van der Waals surface area contributed by atoms with Gasteiger partial charge in [-0.25, -0.2) is 4.79 Å². The molecule has 0 saturated carbocycles. The van der Waals surface area contributed by atoms with Gasteiger partial charge in [0.2, 0.25) is 0 Å². The van der Waals surface area contributed by atoms with Crippen LogP contribution in [0.2, 0.25) is 0 Å². The van der Waals surface area contributed by atoms with Crippen molar-refractivity contribution in [2.45, 2.75) is 57.8 Å². The van der Waals surface area contributed by atoms with Crippen LogP contribution in [0.4, 0.5) is 0 Å². The Hall–Kier alpha value is -0.610. The molecule has 0 aromatic heterocycles. The van der Waals surface area contributed by atoms with Gasteiger partial charge in [-0.05, 0) is 25.7 Å².